The molecule has 168 valence electrons. The zero-order valence-corrected chi connectivity index (χ0v) is 19.1. The summed E-state index contributed by atoms with van der Waals surface area (Å²) in [7, 11) is 1.58. The molecular formula is C24H31ClN2O4. The molecule has 7 heteroatoms. The van der Waals surface area contributed by atoms with Crippen molar-refractivity contribution in [3.05, 3.63) is 58.1 Å². The van der Waals surface area contributed by atoms with E-state index in [1.165, 1.54) is 27.8 Å². The molecule has 0 saturated carbocycles. The summed E-state index contributed by atoms with van der Waals surface area (Å²) in [5, 5.41) is 8.93. The molecule has 0 aliphatic carbocycles. The van der Waals surface area contributed by atoms with Crippen LogP contribution in [0.1, 0.15) is 46.2 Å². The zero-order valence-electron chi connectivity index (χ0n) is 18.3. The number of halogens is 1. The average molecular weight is 447 g/mol. The van der Waals surface area contributed by atoms with E-state index in [1.54, 1.807) is 7.11 Å². The van der Waals surface area contributed by atoms with Crippen LogP contribution in [-0.2, 0) is 11.2 Å². The van der Waals surface area contributed by atoms with Crippen LogP contribution in [0.5, 0.6) is 11.5 Å². The first-order chi connectivity index (χ1) is 14.4. The van der Waals surface area contributed by atoms with Gasteiger partial charge in [0.2, 0.25) is 0 Å². The number of aryl methyl sites for hydroxylation is 2. The monoisotopic (exact) mass is 446 g/mol. The number of carbonyl (C=O) groups is 1. The van der Waals surface area contributed by atoms with Crippen molar-refractivity contribution in [2.24, 2.45) is 5.73 Å². The number of piperidine rings is 1. The fourth-order valence-electron chi connectivity index (χ4n) is 4.97. The summed E-state index contributed by atoms with van der Waals surface area (Å²) >= 11 is 0. The van der Waals surface area contributed by atoms with E-state index in [2.05, 4.69) is 36.9 Å². The Balaban J connectivity index is 0.00000272. The smallest absolute Gasteiger partial charge is 0.341 e. The second-order valence-electron chi connectivity index (χ2n) is 8.51. The van der Waals surface area contributed by atoms with Crippen molar-refractivity contribution >= 4 is 18.4 Å². The molecule has 2 aromatic carbocycles. The summed E-state index contributed by atoms with van der Waals surface area (Å²) in [6.45, 7) is 5.81. The third kappa shape index (κ3) is 4.66. The molecule has 2 aromatic rings. The SMILES string of the molecule is COc1cc2c(cc1OCC(=O)O)CCN1CC(c3cc(C)ccc3C)C(N)CC21.Cl. The van der Waals surface area contributed by atoms with Gasteiger partial charge in [0.25, 0.3) is 0 Å². The van der Waals surface area contributed by atoms with Gasteiger partial charge in [-0.2, -0.15) is 0 Å². The minimum absolute atomic E-state index is 0. The molecule has 3 unspecified atom stereocenters. The number of methoxy groups -OCH3 is 1. The zero-order chi connectivity index (χ0) is 21.4. The molecule has 0 bridgehead atoms. The molecular weight excluding hydrogens is 416 g/mol. The van der Waals surface area contributed by atoms with Gasteiger partial charge in [0.15, 0.2) is 18.1 Å². The van der Waals surface area contributed by atoms with Gasteiger partial charge in [-0.15, -0.1) is 12.4 Å². The molecule has 3 atom stereocenters. The molecule has 0 aromatic heterocycles. The van der Waals surface area contributed by atoms with E-state index in [9.17, 15) is 4.79 Å². The van der Waals surface area contributed by atoms with Gasteiger partial charge in [-0.25, -0.2) is 4.79 Å². The quantitative estimate of drug-likeness (QED) is 0.729. The molecule has 2 aliphatic heterocycles. The highest BCUT2D eigenvalue weighted by atomic mass is 35.5. The molecule has 1 saturated heterocycles. The number of fused-ring (bicyclic) bond motifs is 3. The van der Waals surface area contributed by atoms with Gasteiger partial charge in [0.05, 0.1) is 7.11 Å². The molecule has 0 spiro atoms. The third-order valence-electron chi connectivity index (χ3n) is 6.52. The van der Waals surface area contributed by atoms with Crippen LogP contribution < -0.4 is 15.2 Å². The first kappa shape index (κ1) is 23.4. The fraction of sp³-hybridized carbons (Fsp3) is 0.458. The van der Waals surface area contributed by atoms with E-state index in [1.807, 2.05) is 12.1 Å². The van der Waals surface area contributed by atoms with Crippen molar-refractivity contribution in [3.8, 4) is 11.5 Å². The van der Waals surface area contributed by atoms with E-state index < -0.39 is 5.97 Å². The normalized spacial score (nSPS) is 22.6. The van der Waals surface area contributed by atoms with E-state index in [0.29, 0.717) is 17.4 Å². The lowest BCUT2D eigenvalue weighted by atomic mass is 9.77. The van der Waals surface area contributed by atoms with Gasteiger partial charge in [-0.1, -0.05) is 23.8 Å². The van der Waals surface area contributed by atoms with Gasteiger partial charge in [0.1, 0.15) is 0 Å². The van der Waals surface area contributed by atoms with Crippen LogP contribution in [0.4, 0.5) is 0 Å². The summed E-state index contributed by atoms with van der Waals surface area (Å²) in [6, 6.07) is 10.9. The van der Waals surface area contributed by atoms with Gasteiger partial charge < -0.3 is 20.3 Å². The number of carboxylic acids is 1. The van der Waals surface area contributed by atoms with Crippen molar-refractivity contribution in [1.29, 1.82) is 0 Å². The molecule has 2 aliphatic rings. The van der Waals surface area contributed by atoms with E-state index in [-0.39, 0.29) is 31.1 Å². The Bertz CT molecular complexity index is 965. The average Bonchev–Trinajstić information content (AvgIpc) is 2.72. The maximum absolute atomic E-state index is 10.9. The fourth-order valence-corrected chi connectivity index (χ4v) is 4.97. The number of benzene rings is 2. The Hall–Kier alpha value is -2.28. The predicted molar refractivity (Wildman–Crippen MR) is 123 cm³/mol. The lowest BCUT2D eigenvalue weighted by molar-refractivity contribution is -0.139. The minimum Gasteiger partial charge on any atom is -0.493 e. The largest absolute Gasteiger partial charge is 0.493 e. The number of hydrogen-bond acceptors (Lipinski definition) is 5. The van der Waals surface area contributed by atoms with Crippen LogP contribution in [0.3, 0.4) is 0 Å². The van der Waals surface area contributed by atoms with Gasteiger partial charge in [0, 0.05) is 31.1 Å². The number of aliphatic carboxylic acids is 1. The van der Waals surface area contributed by atoms with Crippen LogP contribution >= 0.6 is 12.4 Å². The maximum Gasteiger partial charge on any atom is 0.341 e. The molecule has 0 amide bonds. The Morgan fingerprint density at radius 1 is 1.19 bits per heavy atom. The molecule has 4 rings (SSSR count). The second kappa shape index (κ2) is 9.47. The lowest BCUT2D eigenvalue weighted by Gasteiger charge is -2.46. The van der Waals surface area contributed by atoms with Gasteiger partial charge in [-0.05, 0) is 61.1 Å². The number of nitrogens with two attached hydrogens (primary N) is 1. The number of rotatable bonds is 5. The predicted octanol–water partition coefficient (Wildman–Crippen LogP) is 3.61. The van der Waals surface area contributed by atoms with Crippen molar-refractivity contribution in [2.45, 2.75) is 44.7 Å². The van der Waals surface area contributed by atoms with E-state index in [4.69, 9.17) is 20.3 Å². The number of ether oxygens (including phenoxy) is 2. The van der Waals surface area contributed by atoms with Crippen molar-refractivity contribution in [3.63, 3.8) is 0 Å². The highest BCUT2D eigenvalue weighted by Gasteiger charge is 2.39. The number of hydrogen-bond donors (Lipinski definition) is 2. The summed E-state index contributed by atoms with van der Waals surface area (Å²) in [4.78, 5) is 13.4. The third-order valence-corrected chi connectivity index (χ3v) is 6.52. The number of nitrogens with zero attached hydrogens (tertiary/aromatic N) is 1. The Labute approximate surface area is 189 Å². The molecule has 3 N–H and O–H groups in total. The summed E-state index contributed by atoms with van der Waals surface area (Å²) in [6.07, 6.45) is 1.78. The molecule has 31 heavy (non-hydrogen) atoms. The highest BCUT2D eigenvalue weighted by Crippen LogP contribution is 2.44. The summed E-state index contributed by atoms with van der Waals surface area (Å²) in [5.41, 5.74) is 13.1. The Morgan fingerprint density at radius 3 is 2.68 bits per heavy atom. The van der Waals surface area contributed by atoms with Crippen molar-refractivity contribution in [2.75, 3.05) is 26.8 Å². The maximum atomic E-state index is 10.9. The second-order valence-corrected chi connectivity index (χ2v) is 8.51. The van der Waals surface area contributed by atoms with E-state index in [0.717, 1.165) is 25.9 Å². The molecule has 2 heterocycles. The Kier molecular flexibility index (Phi) is 7.14. The Morgan fingerprint density at radius 2 is 1.97 bits per heavy atom. The van der Waals surface area contributed by atoms with E-state index >= 15 is 0 Å². The molecule has 1 fully saturated rings. The summed E-state index contributed by atoms with van der Waals surface area (Å²) in [5.74, 6) is 0.377. The molecule has 0 radical (unpaired) electrons. The minimum atomic E-state index is -1.00. The van der Waals surface area contributed by atoms with Crippen molar-refractivity contribution < 1.29 is 19.4 Å². The van der Waals surface area contributed by atoms with Crippen LogP contribution in [-0.4, -0.2) is 48.8 Å². The van der Waals surface area contributed by atoms with Crippen molar-refractivity contribution in [1.82, 2.24) is 4.90 Å². The number of carboxylic acid groups (broad SMARTS) is 1. The first-order valence-corrected chi connectivity index (χ1v) is 10.5. The van der Waals surface area contributed by atoms with Crippen LogP contribution in [0.15, 0.2) is 30.3 Å². The lowest BCUT2D eigenvalue weighted by Crippen LogP contribution is -2.49. The highest BCUT2D eigenvalue weighted by molar-refractivity contribution is 5.85. The molecule has 6 nitrogen and oxygen atoms in total. The van der Waals surface area contributed by atoms with Gasteiger partial charge in [-0.3, -0.25) is 4.90 Å². The topological polar surface area (TPSA) is 85.0 Å². The first-order valence-electron chi connectivity index (χ1n) is 10.5. The summed E-state index contributed by atoms with van der Waals surface area (Å²) < 4.78 is 11.0. The van der Waals surface area contributed by atoms with Gasteiger partial charge >= 0.3 is 5.97 Å². The van der Waals surface area contributed by atoms with Crippen LogP contribution in [0.2, 0.25) is 0 Å². The van der Waals surface area contributed by atoms with Crippen LogP contribution in [0.25, 0.3) is 0 Å². The standard InChI is InChI=1S/C24H30N2O4.ClH/c1-14-4-5-15(2)17(8-14)19-12-26-7-6-16-9-23(30-13-24(27)28)22(29-3)10-18(16)21(26)11-20(19)25;/h4-5,8-10,19-21H,6-7,11-13,25H2,1-3H3,(H,27,28);1H. The van der Waals surface area contributed by atoms with Crippen LogP contribution in [0, 0.1) is 13.8 Å².